The molecule has 6 rings (SSSR count). The van der Waals surface area contributed by atoms with Gasteiger partial charge in [0, 0.05) is 6.04 Å². The first kappa shape index (κ1) is 30.9. The molecule has 2 bridgehead atoms. The number of carbonyl (C=O) groups is 3. The number of ketones is 1. The van der Waals surface area contributed by atoms with E-state index in [1.165, 1.54) is 9.58 Å². The van der Waals surface area contributed by atoms with Gasteiger partial charge in [0.25, 0.3) is 12.3 Å². The van der Waals surface area contributed by atoms with E-state index in [1.54, 1.807) is 0 Å². The number of halogens is 5. The van der Waals surface area contributed by atoms with Gasteiger partial charge >= 0.3 is 5.97 Å². The number of fused-ring (bicyclic) bond motifs is 3. The number of nitrogens with zero attached hydrogens (tertiary/aromatic N) is 3. The second-order valence-corrected chi connectivity index (χ2v) is 13.8. The van der Waals surface area contributed by atoms with Gasteiger partial charge < -0.3 is 10.0 Å². The van der Waals surface area contributed by atoms with Crippen LogP contribution in [-0.4, -0.2) is 50.0 Å². The standard InChI is InChI=1S/C30H34Cl2F3N3O4/c1-28(2)5-3-18(4-6-28)37(16-22(39)23-20(31)13-17(33)14-21(23)32)26(40)19-15-36-38(24(19)25(34)35)30-10-7-29(8-11-30,9-12-30)27(41)42/h13-15,18,25H,3-12,16H2,1-2H3,(H,41,42). The molecule has 0 radical (unpaired) electrons. The second-order valence-electron chi connectivity index (χ2n) is 13.0. The van der Waals surface area contributed by atoms with E-state index in [0.29, 0.717) is 51.4 Å². The predicted molar refractivity (Wildman–Crippen MR) is 151 cm³/mol. The van der Waals surface area contributed by atoms with Crippen molar-refractivity contribution in [2.24, 2.45) is 10.8 Å². The molecule has 4 saturated carbocycles. The predicted octanol–water partition coefficient (Wildman–Crippen LogP) is 7.69. The Balaban J connectivity index is 1.50. The van der Waals surface area contributed by atoms with Crippen LogP contribution >= 0.6 is 23.2 Å². The Hall–Kier alpha value is -2.59. The summed E-state index contributed by atoms with van der Waals surface area (Å²) in [5.74, 6) is -2.95. The van der Waals surface area contributed by atoms with Crippen molar-refractivity contribution in [2.75, 3.05) is 6.54 Å². The highest BCUT2D eigenvalue weighted by atomic mass is 35.5. The normalized spacial score (nSPS) is 25.5. The molecule has 228 valence electrons. The molecule has 1 aromatic heterocycles. The first-order valence-electron chi connectivity index (χ1n) is 14.3. The summed E-state index contributed by atoms with van der Waals surface area (Å²) < 4.78 is 44.6. The zero-order valence-electron chi connectivity index (χ0n) is 23.6. The summed E-state index contributed by atoms with van der Waals surface area (Å²) in [6.45, 7) is 3.75. The number of aliphatic carboxylic acids is 1. The fourth-order valence-electron chi connectivity index (χ4n) is 7.17. The van der Waals surface area contributed by atoms with Crippen molar-refractivity contribution in [3.05, 3.63) is 51.0 Å². The van der Waals surface area contributed by atoms with Crippen LogP contribution in [0.2, 0.25) is 10.0 Å². The number of rotatable bonds is 8. The third kappa shape index (κ3) is 5.45. The Morgan fingerprint density at radius 2 is 1.57 bits per heavy atom. The molecule has 0 aliphatic heterocycles. The molecule has 1 amide bonds. The molecule has 7 nitrogen and oxygen atoms in total. The molecule has 4 fully saturated rings. The van der Waals surface area contributed by atoms with E-state index >= 15 is 0 Å². The van der Waals surface area contributed by atoms with Crippen LogP contribution in [-0.2, 0) is 10.3 Å². The van der Waals surface area contributed by atoms with Gasteiger partial charge in [0.1, 0.15) is 11.5 Å². The molecule has 4 aliphatic rings. The molecular formula is C30H34Cl2F3N3O4. The van der Waals surface area contributed by atoms with E-state index in [2.05, 4.69) is 18.9 Å². The van der Waals surface area contributed by atoms with Crippen LogP contribution in [0, 0.1) is 16.6 Å². The van der Waals surface area contributed by atoms with E-state index in [4.69, 9.17) is 23.2 Å². The molecule has 0 saturated heterocycles. The highest BCUT2D eigenvalue weighted by Crippen LogP contribution is 2.56. The number of benzene rings is 1. The summed E-state index contributed by atoms with van der Waals surface area (Å²) in [5.41, 5.74) is -2.54. The van der Waals surface area contributed by atoms with Crippen molar-refractivity contribution < 1.29 is 32.7 Å². The van der Waals surface area contributed by atoms with E-state index in [0.717, 1.165) is 31.2 Å². The van der Waals surface area contributed by atoms with Crippen molar-refractivity contribution in [1.82, 2.24) is 14.7 Å². The number of carbonyl (C=O) groups excluding carboxylic acids is 2. The largest absolute Gasteiger partial charge is 0.481 e. The molecule has 0 spiro atoms. The molecule has 0 unspecified atom stereocenters. The Bertz CT molecular complexity index is 1370. The highest BCUT2D eigenvalue weighted by molar-refractivity contribution is 6.40. The topological polar surface area (TPSA) is 92.5 Å². The monoisotopic (exact) mass is 627 g/mol. The Morgan fingerprint density at radius 3 is 2.07 bits per heavy atom. The zero-order chi connectivity index (χ0) is 30.6. The molecule has 1 N–H and O–H groups in total. The average molecular weight is 629 g/mol. The molecule has 1 heterocycles. The minimum Gasteiger partial charge on any atom is -0.481 e. The lowest BCUT2D eigenvalue weighted by Crippen LogP contribution is -2.51. The summed E-state index contributed by atoms with van der Waals surface area (Å²) in [5, 5.41) is 13.7. The number of hydrogen-bond acceptors (Lipinski definition) is 4. The fraction of sp³-hybridized carbons (Fsp3) is 0.600. The van der Waals surface area contributed by atoms with Crippen molar-refractivity contribution in [3.63, 3.8) is 0 Å². The van der Waals surface area contributed by atoms with Crippen molar-refractivity contribution in [2.45, 2.75) is 96.1 Å². The van der Waals surface area contributed by atoms with Crippen LogP contribution in [0.25, 0.3) is 0 Å². The lowest BCUT2D eigenvalue weighted by molar-refractivity contribution is -0.158. The maximum Gasteiger partial charge on any atom is 0.309 e. The number of amides is 1. The molecule has 0 atom stereocenters. The van der Waals surface area contributed by atoms with Gasteiger partial charge in [-0.2, -0.15) is 5.10 Å². The average Bonchev–Trinajstić information content (AvgIpc) is 3.39. The first-order chi connectivity index (χ1) is 19.7. The quantitative estimate of drug-likeness (QED) is 0.303. The van der Waals surface area contributed by atoms with Gasteiger partial charge in [-0.25, -0.2) is 13.2 Å². The SMILES string of the molecule is CC1(C)CCC(N(CC(=O)c2c(Cl)cc(F)cc2Cl)C(=O)c2cnn(C34CCC(C(=O)O)(CC3)CC4)c2C(F)F)CC1. The molecular weight excluding hydrogens is 594 g/mol. The van der Waals surface area contributed by atoms with Crippen molar-refractivity contribution in [1.29, 1.82) is 0 Å². The smallest absolute Gasteiger partial charge is 0.309 e. The summed E-state index contributed by atoms with van der Waals surface area (Å²) >= 11 is 12.3. The summed E-state index contributed by atoms with van der Waals surface area (Å²) in [7, 11) is 0. The lowest BCUT2D eigenvalue weighted by Gasteiger charge is -2.51. The first-order valence-corrected chi connectivity index (χ1v) is 15.0. The molecule has 1 aromatic carbocycles. The fourth-order valence-corrected chi connectivity index (χ4v) is 7.85. The van der Waals surface area contributed by atoms with E-state index in [1.807, 2.05) is 0 Å². The van der Waals surface area contributed by atoms with Crippen LogP contribution in [0.4, 0.5) is 13.2 Å². The maximum absolute atomic E-state index is 14.8. The second kappa shape index (κ2) is 11.2. The number of hydrogen-bond donors (Lipinski definition) is 1. The van der Waals surface area contributed by atoms with E-state index < -0.39 is 59.1 Å². The minimum absolute atomic E-state index is 0.0319. The van der Waals surface area contributed by atoms with Gasteiger partial charge in [0.05, 0.1) is 44.9 Å². The maximum atomic E-state index is 14.8. The van der Waals surface area contributed by atoms with Gasteiger partial charge in [0.15, 0.2) is 5.78 Å². The highest BCUT2D eigenvalue weighted by Gasteiger charge is 2.55. The molecule has 2 aromatic rings. The van der Waals surface area contributed by atoms with Gasteiger partial charge in [-0.15, -0.1) is 0 Å². The number of aromatic nitrogens is 2. The van der Waals surface area contributed by atoms with Gasteiger partial charge in [-0.3, -0.25) is 19.1 Å². The van der Waals surface area contributed by atoms with E-state index in [9.17, 15) is 32.7 Å². The number of Topliss-reactive ketones (excluding diaryl/α,β-unsaturated/α-hetero) is 1. The summed E-state index contributed by atoms with van der Waals surface area (Å²) in [6.07, 6.45) is 2.95. The van der Waals surface area contributed by atoms with Crippen LogP contribution in [0.15, 0.2) is 18.3 Å². The summed E-state index contributed by atoms with van der Waals surface area (Å²) in [6, 6.07) is 1.52. The number of carboxylic acid groups (broad SMARTS) is 1. The van der Waals surface area contributed by atoms with Crippen LogP contribution < -0.4 is 0 Å². The van der Waals surface area contributed by atoms with Gasteiger partial charge in [-0.05, 0) is 81.8 Å². The van der Waals surface area contributed by atoms with Crippen molar-refractivity contribution >= 4 is 40.9 Å². The third-order valence-corrected chi connectivity index (χ3v) is 10.6. The minimum atomic E-state index is -3.03. The third-order valence-electron chi connectivity index (χ3n) is 9.96. The lowest BCUT2D eigenvalue weighted by atomic mass is 9.57. The van der Waals surface area contributed by atoms with E-state index in [-0.39, 0.29) is 26.6 Å². The van der Waals surface area contributed by atoms with Crippen LogP contribution in [0.1, 0.15) is 111 Å². The van der Waals surface area contributed by atoms with Gasteiger partial charge in [-0.1, -0.05) is 37.0 Å². The Kier molecular flexibility index (Phi) is 8.20. The Morgan fingerprint density at radius 1 is 1.02 bits per heavy atom. The summed E-state index contributed by atoms with van der Waals surface area (Å²) in [4.78, 5) is 40.8. The van der Waals surface area contributed by atoms with Crippen molar-refractivity contribution in [3.8, 4) is 0 Å². The molecule has 4 aliphatic carbocycles. The molecule has 42 heavy (non-hydrogen) atoms. The number of alkyl halides is 2. The zero-order valence-corrected chi connectivity index (χ0v) is 25.1. The molecule has 12 heteroatoms. The van der Waals surface area contributed by atoms with Gasteiger partial charge in [0.2, 0.25) is 0 Å². The number of carboxylic acids is 1. The van der Waals surface area contributed by atoms with Crippen LogP contribution in [0.3, 0.4) is 0 Å². The Labute approximate surface area is 252 Å². The van der Waals surface area contributed by atoms with Crippen LogP contribution in [0.5, 0.6) is 0 Å².